The number of hydrogen-bond donors (Lipinski definition) is 4. The van der Waals surface area contributed by atoms with Crippen LogP contribution in [-0.4, -0.2) is 61.3 Å². The summed E-state index contributed by atoms with van der Waals surface area (Å²) in [5, 5.41) is 16.6. The molecule has 0 heterocycles. The van der Waals surface area contributed by atoms with E-state index >= 15 is 0 Å². The molecule has 182 valence electrons. The number of carbonyl (C=O) groups is 2. The van der Waals surface area contributed by atoms with Crippen LogP contribution in [0.15, 0.2) is 58.3 Å². The first-order valence-corrected chi connectivity index (χ1v) is 12.4. The lowest BCUT2D eigenvalue weighted by molar-refractivity contribution is 0.0391. The van der Waals surface area contributed by atoms with Crippen molar-refractivity contribution in [2.45, 2.75) is 35.5 Å². The van der Waals surface area contributed by atoms with Crippen LogP contribution in [0.25, 0.3) is 0 Å². The SMILES string of the molecule is O=C(OC(=O)c1ccccc1S(=O)(=O)O)c1ccccc1S(=O)(=O)O.OCCCCCCO. The molecule has 11 nitrogen and oxygen atoms in total. The van der Waals surface area contributed by atoms with Crippen molar-refractivity contribution in [1.29, 1.82) is 0 Å². The Bertz CT molecular complexity index is 1060. The zero-order chi connectivity index (χ0) is 25.1. The number of aliphatic hydroxyl groups excluding tert-OH is 2. The molecule has 0 radical (unpaired) electrons. The number of carbonyl (C=O) groups excluding carboxylic acids is 2. The van der Waals surface area contributed by atoms with E-state index in [1.54, 1.807) is 0 Å². The summed E-state index contributed by atoms with van der Waals surface area (Å²) in [6, 6.07) is 8.82. The van der Waals surface area contributed by atoms with E-state index in [1.165, 1.54) is 24.3 Å². The van der Waals surface area contributed by atoms with Crippen molar-refractivity contribution in [1.82, 2.24) is 0 Å². The highest BCUT2D eigenvalue weighted by Crippen LogP contribution is 2.19. The third-order valence-electron chi connectivity index (χ3n) is 4.02. The number of ether oxygens (including phenoxy) is 1. The normalized spacial score (nSPS) is 11.3. The molecule has 0 aliphatic heterocycles. The van der Waals surface area contributed by atoms with Gasteiger partial charge in [0.05, 0.1) is 11.1 Å². The van der Waals surface area contributed by atoms with Gasteiger partial charge in [0.1, 0.15) is 9.79 Å². The van der Waals surface area contributed by atoms with Gasteiger partial charge in [0.2, 0.25) is 0 Å². The minimum atomic E-state index is -4.76. The molecule has 2 aromatic carbocycles. The van der Waals surface area contributed by atoms with Gasteiger partial charge < -0.3 is 14.9 Å². The average Bonchev–Trinajstić information content (AvgIpc) is 2.76. The average molecular weight is 505 g/mol. The molecule has 0 bridgehead atoms. The van der Waals surface area contributed by atoms with Crippen LogP contribution >= 0.6 is 0 Å². The van der Waals surface area contributed by atoms with E-state index < -0.39 is 53.1 Å². The lowest BCUT2D eigenvalue weighted by Gasteiger charge is -2.08. The molecule has 0 spiro atoms. The maximum Gasteiger partial charge on any atom is 0.347 e. The fourth-order valence-electron chi connectivity index (χ4n) is 2.49. The van der Waals surface area contributed by atoms with E-state index in [9.17, 15) is 26.4 Å². The molecule has 33 heavy (non-hydrogen) atoms. The van der Waals surface area contributed by atoms with Crippen LogP contribution in [0.1, 0.15) is 46.4 Å². The lowest BCUT2D eigenvalue weighted by Crippen LogP contribution is -2.18. The summed E-state index contributed by atoms with van der Waals surface area (Å²) < 4.78 is 67.6. The maximum atomic E-state index is 12.0. The van der Waals surface area contributed by atoms with Gasteiger partial charge in [-0.25, -0.2) is 9.59 Å². The third kappa shape index (κ3) is 9.37. The van der Waals surface area contributed by atoms with Gasteiger partial charge in [0.25, 0.3) is 20.2 Å². The fraction of sp³-hybridized carbons (Fsp3) is 0.300. The molecule has 2 aromatic rings. The van der Waals surface area contributed by atoms with Crippen LogP contribution in [0.5, 0.6) is 0 Å². The Morgan fingerprint density at radius 2 is 0.970 bits per heavy atom. The highest BCUT2D eigenvalue weighted by Gasteiger charge is 2.26. The zero-order valence-corrected chi connectivity index (χ0v) is 19.0. The number of esters is 2. The zero-order valence-electron chi connectivity index (χ0n) is 17.3. The maximum absolute atomic E-state index is 12.0. The Morgan fingerprint density at radius 3 is 1.27 bits per heavy atom. The van der Waals surface area contributed by atoms with E-state index in [0.717, 1.165) is 49.9 Å². The number of benzene rings is 2. The molecular weight excluding hydrogens is 480 g/mol. The fourth-order valence-corrected chi connectivity index (χ4v) is 3.85. The van der Waals surface area contributed by atoms with Gasteiger partial charge in [0, 0.05) is 13.2 Å². The summed E-state index contributed by atoms with van der Waals surface area (Å²) >= 11 is 0. The van der Waals surface area contributed by atoms with E-state index in [-0.39, 0.29) is 13.2 Å². The molecule has 0 aromatic heterocycles. The molecule has 0 unspecified atom stereocenters. The van der Waals surface area contributed by atoms with Gasteiger partial charge in [-0.2, -0.15) is 16.8 Å². The molecule has 0 fully saturated rings. The Kier molecular flexibility index (Phi) is 11.3. The molecule has 0 aliphatic carbocycles. The third-order valence-corrected chi connectivity index (χ3v) is 5.85. The van der Waals surface area contributed by atoms with Gasteiger partial charge in [-0.1, -0.05) is 37.1 Å². The number of hydrogen-bond acceptors (Lipinski definition) is 9. The highest BCUT2D eigenvalue weighted by molar-refractivity contribution is 7.86. The first-order chi connectivity index (χ1) is 15.4. The second-order valence-corrected chi connectivity index (χ2v) is 9.26. The summed E-state index contributed by atoms with van der Waals surface area (Å²) in [7, 11) is -9.52. The van der Waals surface area contributed by atoms with Crippen LogP contribution in [0, 0.1) is 0 Å². The monoisotopic (exact) mass is 504 g/mol. The molecule has 2 rings (SSSR count). The Morgan fingerprint density at radius 1 is 0.636 bits per heavy atom. The van der Waals surface area contributed by atoms with Crippen LogP contribution in [0.2, 0.25) is 0 Å². The van der Waals surface area contributed by atoms with Crippen molar-refractivity contribution in [3.63, 3.8) is 0 Å². The minimum Gasteiger partial charge on any atom is -0.396 e. The smallest absolute Gasteiger partial charge is 0.347 e. The van der Waals surface area contributed by atoms with Crippen LogP contribution in [-0.2, 0) is 25.0 Å². The lowest BCUT2D eigenvalue weighted by atomic mass is 10.2. The van der Waals surface area contributed by atoms with E-state index in [0.29, 0.717) is 0 Å². The largest absolute Gasteiger partial charge is 0.396 e. The number of unbranched alkanes of at least 4 members (excludes halogenated alkanes) is 3. The van der Waals surface area contributed by atoms with Crippen molar-refractivity contribution < 1.29 is 50.5 Å². The van der Waals surface area contributed by atoms with Crippen LogP contribution in [0.4, 0.5) is 0 Å². The predicted molar refractivity (Wildman–Crippen MR) is 115 cm³/mol. The molecule has 4 N–H and O–H groups in total. The Hall–Kier alpha value is -2.68. The van der Waals surface area contributed by atoms with Crippen LogP contribution < -0.4 is 0 Å². The summed E-state index contributed by atoms with van der Waals surface area (Å²) in [6.07, 6.45) is 3.83. The minimum absolute atomic E-state index is 0.283. The topological polar surface area (TPSA) is 193 Å². The first kappa shape index (κ1) is 28.4. The van der Waals surface area contributed by atoms with Gasteiger partial charge >= 0.3 is 11.9 Å². The van der Waals surface area contributed by atoms with E-state index in [4.69, 9.17) is 19.3 Å². The second kappa shape index (κ2) is 13.1. The summed E-state index contributed by atoms with van der Waals surface area (Å²) in [5.74, 6) is -2.85. The van der Waals surface area contributed by atoms with Crippen molar-refractivity contribution in [3.05, 3.63) is 59.7 Å². The van der Waals surface area contributed by atoms with Crippen molar-refractivity contribution in [3.8, 4) is 0 Å². The number of aliphatic hydroxyl groups is 2. The van der Waals surface area contributed by atoms with E-state index in [2.05, 4.69) is 4.74 Å². The second-order valence-electron chi connectivity index (χ2n) is 6.48. The Balaban J connectivity index is 0.000000582. The molecule has 0 saturated carbocycles. The summed E-state index contributed by atoms with van der Waals surface area (Å²) in [6.45, 7) is 0.566. The van der Waals surface area contributed by atoms with E-state index in [1.807, 2.05) is 0 Å². The molecule has 0 aliphatic rings. The first-order valence-electron chi connectivity index (χ1n) is 9.54. The quantitative estimate of drug-likeness (QED) is 0.168. The van der Waals surface area contributed by atoms with Gasteiger partial charge in [-0.15, -0.1) is 0 Å². The van der Waals surface area contributed by atoms with Gasteiger partial charge in [-0.3, -0.25) is 9.11 Å². The highest BCUT2D eigenvalue weighted by atomic mass is 32.2. The molecular formula is C20H24O11S2. The predicted octanol–water partition coefficient (Wildman–Crippen LogP) is 1.71. The standard InChI is InChI=1S/C14H10O9S2.C6H14O2/c15-13(9-5-1-3-7-11(9)24(17,18)19)23-14(16)10-6-2-4-8-12(10)25(20,21)22;7-5-3-1-2-4-6-8/h1-8H,(H,17,18,19)(H,20,21,22);7-8H,1-6H2. The molecule has 13 heteroatoms. The molecule has 0 amide bonds. The summed E-state index contributed by atoms with van der Waals surface area (Å²) in [4.78, 5) is 22.5. The molecule has 0 atom stereocenters. The van der Waals surface area contributed by atoms with Crippen molar-refractivity contribution >= 4 is 32.2 Å². The summed E-state index contributed by atoms with van der Waals surface area (Å²) in [5.41, 5.74) is -1.25. The van der Waals surface area contributed by atoms with Crippen molar-refractivity contribution in [2.75, 3.05) is 13.2 Å². The number of rotatable bonds is 9. The molecule has 0 saturated heterocycles. The van der Waals surface area contributed by atoms with Gasteiger partial charge in [-0.05, 0) is 37.1 Å². The van der Waals surface area contributed by atoms with Crippen LogP contribution in [0.3, 0.4) is 0 Å². The Labute approximate surface area is 191 Å². The van der Waals surface area contributed by atoms with Crippen molar-refractivity contribution in [2.24, 2.45) is 0 Å². The van der Waals surface area contributed by atoms with Gasteiger partial charge in [0.15, 0.2) is 0 Å².